The zero-order chi connectivity index (χ0) is 7.52. The summed E-state index contributed by atoms with van der Waals surface area (Å²) in [4.78, 5) is 0. The van der Waals surface area contributed by atoms with Crippen LogP contribution in [0.2, 0.25) is 0 Å². The lowest BCUT2D eigenvalue weighted by Crippen LogP contribution is -2.38. The lowest BCUT2D eigenvalue weighted by Gasteiger charge is -2.27. The van der Waals surface area contributed by atoms with E-state index >= 15 is 0 Å². The first kappa shape index (κ1) is 7.60. The van der Waals surface area contributed by atoms with Gasteiger partial charge in [-0.25, -0.2) is 0 Å². The highest BCUT2D eigenvalue weighted by molar-refractivity contribution is 4.91. The average molecular weight is 152 g/mol. The summed E-state index contributed by atoms with van der Waals surface area (Å²) in [6.07, 6.45) is 10.9. The molecule has 1 radical (unpaired) electrons. The molecule has 0 aliphatic heterocycles. The fraction of sp³-hybridized carbons (Fsp3) is 0.900. The van der Waals surface area contributed by atoms with Crippen LogP contribution < -0.4 is 5.32 Å². The Morgan fingerprint density at radius 2 is 1.91 bits per heavy atom. The van der Waals surface area contributed by atoms with Gasteiger partial charge in [-0.05, 0) is 44.6 Å². The van der Waals surface area contributed by atoms with Gasteiger partial charge < -0.3 is 5.32 Å². The molecule has 0 amide bonds. The molecule has 0 aromatic heterocycles. The number of hydrogen-bond donors (Lipinski definition) is 1. The van der Waals surface area contributed by atoms with Gasteiger partial charge in [-0.15, -0.1) is 0 Å². The predicted octanol–water partition coefficient (Wildman–Crippen LogP) is 2.13. The van der Waals surface area contributed by atoms with Crippen molar-refractivity contribution in [2.75, 3.05) is 6.54 Å². The average Bonchev–Trinajstić information content (AvgIpc) is 2.36. The molecule has 0 atom stereocenters. The van der Waals surface area contributed by atoms with E-state index in [9.17, 15) is 0 Å². The standard InChI is InChI=1S/C10H18N/c1-2-5-9(4-1)8-11-10-6-3-7-10/h3,9-11H,1-2,4-8H2. The molecule has 0 saturated heterocycles. The van der Waals surface area contributed by atoms with Gasteiger partial charge in [0.25, 0.3) is 0 Å². The molecule has 1 heteroatoms. The van der Waals surface area contributed by atoms with Crippen molar-refractivity contribution in [1.29, 1.82) is 0 Å². The Labute approximate surface area is 69.6 Å². The molecule has 2 rings (SSSR count). The highest BCUT2D eigenvalue weighted by atomic mass is 14.9. The van der Waals surface area contributed by atoms with Crippen molar-refractivity contribution >= 4 is 0 Å². The molecule has 0 bridgehead atoms. The molecule has 1 N–H and O–H groups in total. The maximum atomic E-state index is 3.63. The number of hydrogen-bond acceptors (Lipinski definition) is 1. The number of nitrogens with one attached hydrogen (secondary N) is 1. The Balaban J connectivity index is 1.57. The normalized spacial score (nSPS) is 27.3. The van der Waals surface area contributed by atoms with E-state index in [-0.39, 0.29) is 0 Å². The van der Waals surface area contributed by atoms with Crippen LogP contribution in [0.5, 0.6) is 0 Å². The van der Waals surface area contributed by atoms with Crippen LogP contribution in [0.25, 0.3) is 0 Å². The summed E-state index contributed by atoms with van der Waals surface area (Å²) in [5.41, 5.74) is 0. The zero-order valence-electron chi connectivity index (χ0n) is 7.18. The maximum Gasteiger partial charge on any atom is 0.00726 e. The van der Waals surface area contributed by atoms with Crippen molar-refractivity contribution in [2.45, 2.75) is 44.6 Å². The molecular formula is C10H18N. The Bertz CT molecular complexity index is 112. The monoisotopic (exact) mass is 152 g/mol. The summed E-state index contributed by atoms with van der Waals surface area (Å²) in [7, 11) is 0. The van der Waals surface area contributed by atoms with E-state index in [0.29, 0.717) is 0 Å². The lowest BCUT2D eigenvalue weighted by atomic mass is 9.92. The molecular weight excluding hydrogens is 134 g/mol. The molecule has 0 aromatic rings. The van der Waals surface area contributed by atoms with Gasteiger partial charge in [-0.3, -0.25) is 0 Å². The van der Waals surface area contributed by atoms with Crippen molar-refractivity contribution in [3.05, 3.63) is 6.42 Å². The Hall–Kier alpha value is -0.0400. The third-order valence-corrected chi connectivity index (χ3v) is 3.07. The van der Waals surface area contributed by atoms with E-state index in [2.05, 4.69) is 11.7 Å². The van der Waals surface area contributed by atoms with Gasteiger partial charge in [0.15, 0.2) is 0 Å². The Morgan fingerprint density at radius 1 is 1.18 bits per heavy atom. The molecule has 0 unspecified atom stereocenters. The molecule has 2 aliphatic carbocycles. The molecule has 2 fully saturated rings. The van der Waals surface area contributed by atoms with Crippen molar-refractivity contribution in [3.8, 4) is 0 Å². The van der Waals surface area contributed by atoms with Gasteiger partial charge in [0, 0.05) is 6.04 Å². The molecule has 63 valence electrons. The zero-order valence-corrected chi connectivity index (χ0v) is 7.18. The van der Waals surface area contributed by atoms with Crippen LogP contribution in [-0.2, 0) is 0 Å². The smallest absolute Gasteiger partial charge is 0.00726 e. The first-order valence-electron chi connectivity index (χ1n) is 5.00. The lowest BCUT2D eigenvalue weighted by molar-refractivity contribution is 0.376. The van der Waals surface area contributed by atoms with Crippen molar-refractivity contribution in [1.82, 2.24) is 5.32 Å². The van der Waals surface area contributed by atoms with E-state index in [1.807, 2.05) is 0 Å². The minimum absolute atomic E-state index is 0.843. The fourth-order valence-electron chi connectivity index (χ4n) is 2.05. The highest BCUT2D eigenvalue weighted by Crippen LogP contribution is 2.25. The Morgan fingerprint density at radius 3 is 2.45 bits per heavy atom. The fourth-order valence-corrected chi connectivity index (χ4v) is 2.05. The quantitative estimate of drug-likeness (QED) is 0.653. The summed E-state index contributed by atoms with van der Waals surface area (Å²) in [5.74, 6) is 1.01. The largest absolute Gasteiger partial charge is 0.314 e. The summed E-state index contributed by atoms with van der Waals surface area (Å²) in [6, 6.07) is 0.843. The van der Waals surface area contributed by atoms with Crippen LogP contribution in [0.15, 0.2) is 0 Å². The molecule has 11 heavy (non-hydrogen) atoms. The van der Waals surface area contributed by atoms with Crippen LogP contribution in [0.1, 0.15) is 38.5 Å². The van der Waals surface area contributed by atoms with Gasteiger partial charge in [0.2, 0.25) is 0 Å². The van der Waals surface area contributed by atoms with Gasteiger partial charge in [0.05, 0.1) is 0 Å². The highest BCUT2D eigenvalue weighted by Gasteiger charge is 2.20. The van der Waals surface area contributed by atoms with Gasteiger partial charge in [0.1, 0.15) is 0 Å². The molecule has 0 aromatic carbocycles. The predicted molar refractivity (Wildman–Crippen MR) is 47.3 cm³/mol. The van der Waals surface area contributed by atoms with E-state index in [1.165, 1.54) is 45.1 Å². The van der Waals surface area contributed by atoms with Crippen LogP contribution in [0, 0.1) is 12.3 Å². The summed E-state index contributed by atoms with van der Waals surface area (Å²) < 4.78 is 0. The maximum absolute atomic E-state index is 3.63. The minimum Gasteiger partial charge on any atom is -0.314 e. The van der Waals surface area contributed by atoms with Crippen LogP contribution >= 0.6 is 0 Å². The van der Waals surface area contributed by atoms with Gasteiger partial charge >= 0.3 is 0 Å². The van der Waals surface area contributed by atoms with Crippen molar-refractivity contribution < 1.29 is 0 Å². The topological polar surface area (TPSA) is 12.0 Å². The van der Waals surface area contributed by atoms with E-state index in [0.717, 1.165) is 12.0 Å². The second-order valence-electron chi connectivity index (χ2n) is 4.02. The van der Waals surface area contributed by atoms with E-state index < -0.39 is 0 Å². The third kappa shape index (κ3) is 1.96. The SMILES string of the molecule is [CH]1CC(NCC2CCCC2)C1. The first-order valence-corrected chi connectivity index (χ1v) is 5.00. The summed E-state index contributed by atoms with van der Waals surface area (Å²) in [6.45, 7) is 1.29. The molecule has 2 aliphatic rings. The number of rotatable bonds is 3. The molecule has 2 saturated carbocycles. The molecule has 0 spiro atoms. The second kappa shape index (κ2) is 3.57. The third-order valence-electron chi connectivity index (χ3n) is 3.07. The van der Waals surface area contributed by atoms with Crippen LogP contribution in [0.4, 0.5) is 0 Å². The first-order chi connectivity index (χ1) is 5.45. The van der Waals surface area contributed by atoms with E-state index in [1.54, 1.807) is 0 Å². The van der Waals surface area contributed by atoms with Crippen LogP contribution in [-0.4, -0.2) is 12.6 Å². The molecule has 0 heterocycles. The second-order valence-corrected chi connectivity index (χ2v) is 4.02. The van der Waals surface area contributed by atoms with Gasteiger partial charge in [-0.1, -0.05) is 12.8 Å². The molecule has 1 nitrogen and oxygen atoms in total. The van der Waals surface area contributed by atoms with E-state index in [4.69, 9.17) is 0 Å². The minimum atomic E-state index is 0.843. The van der Waals surface area contributed by atoms with Crippen molar-refractivity contribution in [3.63, 3.8) is 0 Å². The van der Waals surface area contributed by atoms with Crippen molar-refractivity contribution in [2.24, 2.45) is 5.92 Å². The Kier molecular flexibility index (Phi) is 2.47. The van der Waals surface area contributed by atoms with Crippen LogP contribution in [0.3, 0.4) is 0 Å². The summed E-state index contributed by atoms with van der Waals surface area (Å²) >= 11 is 0. The summed E-state index contributed by atoms with van der Waals surface area (Å²) in [5, 5.41) is 3.63. The van der Waals surface area contributed by atoms with Gasteiger partial charge in [-0.2, -0.15) is 0 Å².